The number of carbonyl (C=O) groups excluding carboxylic acids is 1. The first-order chi connectivity index (χ1) is 11.0. The summed E-state index contributed by atoms with van der Waals surface area (Å²) >= 11 is 0. The van der Waals surface area contributed by atoms with Crippen molar-refractivity contribution in [1.82, 2.24) is 5.32 Å². The lowest BCUT2D eigenvalue weighted by Crippen LogP contribution is -2.46. The summed E-state index contributed by atoms with van der Waals surface area (Å²) in [4.78, 5) is 12.1. The van der Waals surface area contributed by atoms with Crippen LogP contribution in [0.2, 0.25) is 0 Å². The van der Waals surface area contributed by atoms with E-state index in [9.17, 15) is 9.90 Å². The van der Waals surface area contributed by atoms with E-state index in [1.54, 1.807) is 25.3 Å². The minimum atomic E-state index is -0.467. The van der Waals surface area contributed by atoms with E-state index < -0.39 is 6.10 Å². The highest BCUT2D eigenvalue weighted by atomic mass is 16.5. The number of aliphatic hydroxyl groups excluding tert-OH is 1. The molecule has 0 saturated heterocycles. The van der Waals surface area contributed by atoms with E-state index in [0.717, 1.165) is 25.7 Å². The third-order valence-electron chi connectivity index (χ3n) is 3.83. The highest BCUT2D eigenvalue weighted by Gasteiger charge is 2.24. The molecule has 6 heteroatoms. The first kappa shape index (κ1) is 17.4. The topological polar surface area (TPSA) is 79.8 Å². The summed E-state index contributed by atoms with van der Waals surface area (Å²) in [5.74, 6) is 1.20. The number of urea groups is 1. The van der Waals surface area contributed by atoms with Gasteiger partial charge in [-0.1, -0.05) is 12.8 Å². The number of hydrogen-bond acceptors (Lipinski definition) is 4. The molecule has 2 rings (SSSR count). The van der Waals surface area contributed by atoms with E-state index in [1.165, 1.54) is 0 Å². The molecule has 0 spiro atoms. The molecular formula is C17H26N2O4. The van der Waals surface area contributed by atoms with Crippen LogP contribution in [0, 0.1) is 0 Å². The number of methoxy groups -OCH3 is 1. The lowest BCUT2D eigenvalue weighted by atomic mass is 9.93. The number of aliphatic hydroxyl groups is 1. The van der Waals surface area contributed by atoms with Gasteiger partial charge in [-0.15, -0.1) is 0 Å². The zero-order valence-corrected chi connectivity index (χ0v) is 14.0. The van der Waals surface area contributed by atoms with Crippen LogP contribution in [0.1, 0.15) is 39.5 Å². The molecule has 0 heterocycles. The van der Waals surface area contributed by atoms with Gasteiger partial charge in [-0.3, -0.25) is 0 Å². The molecule has 1 aromatic rings. The van der Waals surface area contributed by atoms with E-state index >= 15 is 0 Å². The van der Waals surface area contributed by atoms with Crippen molar-refractivity contribution >= 4 is 11.7 Å². The molecule has 1 aromatic carbocycles. The first-order valence-corrected chi connectivity index (χ1v) is 8.10. The highest BCUT2D eigenvalue weighted by molar-refractivity contribution is 5.89. The van der Waals surface area contributed by atoms with Gasteiger partial charge in [0.1, 0.15) is 0 Å². The van der Waals surface area contributed by atoms with Crippen LogP contribution >= 0.6 is 0 Å². The Balaban J connectivity index is 1.97. The molecule has 0 bridgehead atoms. The Kier molecular flexibility index (Phi) is 6.10. The number of ether oxygens (including phenoxy) is 2. The summed E-state index contributed by atoms with van der Waals surface area (Å²) in [6.07, 6.45) is 3.15. The summed E-state index contributed by atoms with van der Waals surface area (Å²) in [6, 6.07) is 4.74. The van der Waals surface area contributed by atoms with Gasteiger partial charge in [0.15, 0.2) is 11.5 Å². The molecule has 6 nitrogen and oxygen atoms in total. The minimum Gasteiger partial charge on any atom is -0.493 e. The average molecular weight is 322 g/mol. The van der Waals surface area contributed by atoms with Gasteiger partial charge in [-0.05, 0) is 38.8 Å². The number of amides is 2. The summed E-state index contributed by atoms with van der Waals surface area (Å²) in [5.41, 5.74) is 0.612. The van der Waals surface area contributed by atoms with E-state index in [-0.39, 0.29) is 18.2 Å². The molecule has 0 aliphatic heterocycles. The molecule has 0 radical (unpaired) electrons. The third-order valence-corrected chi connectivity index (χ3v) is 3.83. The van der Waals surface area contributed by atoms with Gasteiger partial charge < -0.3 is 25.2 Å². The summed E-state index contributed by atoms with van der Waals surface area (Å²) < 4.78 is 10.9. The fraction of sp³-hybridized carbons (Fsp3) is 0.588. The van der Waals surface area contributed by atoms with E-state index in [2.05, 4.69) is 10.6 Å². The Labute approximate surface area is 137 Å². The van der Waals surface area contributed by atoms with Crippen LogP contribution in [0.3, 0.4) is 0 Å². The number of hydrogen-bond donors (Lipinski definition) is 3. The maximum absolute atomic E-state index is 12.1. The fourth-order valence-electron chi connectivity index (χ4n) is 2.71. The van der Waals surface area contributed by atoms with Crippen LogP contribution in [-0.4, -0.2) is 36.5 Å². The second-order valence-electron chi connectivity index (χ2n) is 6.09. The lowest BCUT2D eigenvalue weighted by molar-refractivity contribution is 0.0955. The Morgan fingerprint density at radius 3 is 2.65 bits per heavy atom. The molecule has 2 amide bonds. The molecule has 0 aromatic heterocycles. The molecule has 1 saturated carbocycles. The number of nitrogens with one attached hydrogen (secondary N) is 2. The Bertz CT molecular complexity index is 533. The lowest BCUT2D eigenvalue weighted by Gasteiger charge is -2.28. The number of carbonyl (C=O) groups is 1. The fourth-order valence-corrected chi connectivity index (χ4v) is 2.71. The standard InChI is InChI=1S/C17H26N2O4/c1-11(2)23-15-9-8-12(10-16(15)22-3)18-17(21)19-13-6-4-5-7-14(13)20/h8-11,13-14,20H,4-7H2,1-3H3,(H2,18,19,21)/t13-,14-/m0/s1. The van der Waals surface area contributed by atoms with Crippen LogP contribution in [0.25, 0.3) is 0 Å². The highest BCUT2D eigenvalue weighted by Crippen LogP contribution is 2.31. The SMILES string of the molecule is COc1cc(NC(=O)N[C@H]2CCCC[C@@H]2O)ccc1OC(C)C. The predicted molar refractivity (Wildman–Crippen MR) is 89.2 cm³/mol. The van der Waals surface area contributed by atoms with Crippen molar-refractivity contribution in [3.8, 4) is 11.5 Å². The van der Waals surface area contributed by atoms with Crippen LogP contribution in [0.15, 0.2) is 18.2 Å². The van der Waals surface area contributed by atoms with Crippen molar-refractivity contribution in [2.75, 3.05) is 12.4 Å². The van der Waals surface area contributed by atoms with Crippen molar-refractivity contribution in [1.29, 1.82) is 0 Å². The maximum Gasteiger partial charge on any atom is 0.319 e. The molecule has 1 aliphatic carbocycles. The smallest absolute Gasteiger partial charge is 0.319 e. The Morgan fingerprint density at radius 2 is 2.00 bits per heavy atom. The van der Waals surface area contributed by atoms with Crippen LogP contribution in [0.4, 0.5) is 10.5 Å². The predicted octanol–water partition coefficient (Wildman–Crippen LogP) is 2.91. The molecular weight excluding hydrogens is 296 g/mol. The van der Waals surface area contributed by atoms with E-state index in [1.807, 2.05) is 13.8 Å². The summed E-state index contributed by atoms with van der Waals surface area (Å²) in [5, 5.41) is 15.5. The van der Waals surface area contributed by atoms with Crippen molar-refractivity contribution in [3.63, 3.8) is 0 Å². The largest absolute Gasteiger partial charge is 0.493 e. The molecule has 128 valence electrons. The minimum absolute atomic E-state index is 0.0406. The average Bonchev–Trinajstić information content (AvgIpc) is 2.50. The van der Waals surface area contributed by atoms with E-state index in [0.29, 0.717) is 17.2 Å². The first-order valence-electron chi connectivity index (χ1n) is 8.10. The molecule has 3 N–H and O–H groups in total. The summed E-state index contributed by atoms with van der Waals surface area (Å²) in [7, 11) is 1.56. The maximum atomic E-state index is 12.1. The zero-order chi connectivity index (χ0) is 16.8. The molecule has 0 unspecified atom stereocenters. The van der Waals surface area contributed by atoms with Crippen LogP contribution < -0.4 is 20.1 Å². The Morgan fingerprint density at radius 1 is 1.26 bits per heavy atom. The second-order valence-corrected chi connectivity index (χ2v) is 6.09. The number of rotatable bonds is 5. The second kappa shape index (κ2) is 8.06. The van der Waals surface area contributed by atoms with Gasteiger partial charge >= 0.3 is 6.03 Å². The Hall–Kier alpha value is -1.95. The van der Waals surface area contributed by atoms with Crippen LogP contribution in [0.5, 0.6) is 11.5 Å². The van der Waals surface area contributed by atoms with Gasteiger partial charge in [0.05, 0.1) is 25.4 Å². The monoisotopic (exact) mass is 322 g/mol. The number of anilines is 1. The van der Waals surface area contributed by atoms with Crippen LogP contribution in [-0.2, 0) is 0 Å². The van der Waals surface area contributed by atoms with Gasteiger partial charge in [-0.2, -0.15) is 0 Å². The third kappa shape index (κ3) is 5.03. The van der Waals surface area contributed by atoms with Gasteiger partial charge in [-0.25, -0.2) is 4.79 Å². The van der Waals surface area contributed by atoms with Gasteiger partial charge in [0.25, 0.3) is 0 Å². The van der Waals surface area contributed by atoms with Gasteiger partial charge in [0.2, 0.25) is 0 Å². The molecule has 2 atom stereocenters. The summed E-state index contributed by atoms with van der Waals surface area (Å²) in [6.45, 7) is 3.88. The molecule has 1 fully saturated rings. The number of benzene rings is 1. The van der Waals surface area contributed by atoms with Crippen molar-refractivity contribution in [2.45, 2.75) is 57.8 Å². The molecule has 23 heavy (non-hydrogen) atoms. The van der Waals surface area contributed by atoms with Crippen molar-refractivity contribution in [3.05, 3.63) is 18.2 Å². The van der Waals surface area contributed by atoms with Crippen molar-refractivity contribution in [2.24, 2.45) is 0 Å². The van der Waals surface area contributed by atoms with Gasteiger partial charge in [0, 0.05) is 11.8 Å². The van der Waals surface area contributed by atoms with Crippen molar-refractivity contribution < 1.29 is 19.4 Å². The normalized spacial score (nSPS) is 20.9. The quantitative estimate of drug-likeness (QED) is 0.779. The molecule has 1 aliphatic rings. The van der Waals surface area contributed by atoms with E-state index in [4.69, 9.17) is 9.47 Å². The zero-order valence-electron chi connectivity index (χ0n) is 14.0.